The molecule has 33 heavy (non-hydrogen) atoms. The molecule has 1 heterocycles. The molecule has 0 aromatic heterocycles. The van der Waals surface area contributed by atoms with E-state index in [2.05, 4.69) is 10.6 Å². The first-order valence-electron chi connectivity index (χ1n) is 10.3. The van der Waals surface area contributed by atoms with Gasteiger partial charge in [0.1, 0.15) is 5.37 Å². The van der Waals surface area contributed by atoms with E-state index >= 15 is 0 Å². The molecule has 0 aliphatic carbocycles. The quantitative estimate of drug-likeness (QED) is 0.501. The lowest BCUT2D eigenvalue weighted by molar-refractivity contribution is -0.128. The molecule has 4 rings (SSSR count). The Bertz CT molecular complexity index is 1180. The van der Waals surface area contributed by atoms with Crippen LogP contribution in [-0.4, -0.2) is 28.4 Å². The molecular weight excluding hydrogens is 458 g/mol. The Morgan fingerprint density at radius 2 is 1.67 bits per heavy atom. The molecule has 0 saturated carbocycles. The van der Waals surface area contributed by atoms with Crippen molar-refractivity contribution in [2.75, 3.05) is 16.4 Å². The molecule has 1 saturated heterocycles. The van der Waals surface area contributed by atoms with E-state index in [-0.39, 0.29) is 23.1 Å². The van der Waals surface area contributed by atoms with Gasteiger partial charge in [0.2, 0.25) is 11.8 Å². The first-order chi connectivity index (χ1) is 15.9. The fraction of sp³-hybridized carbons (Fsp3) is 0.160. The predicted octanol–water partition coefficient (Wildman–Crippen LogP) is 5.32. The minimum Gasteiger partial charge on any atom is -0.326 e. The first kappa shape index (κ1) is 22.9. The molecule has 1 atom stereocenters. The second kappa shape index (κ2) is 10.1. The predicted molar refractivity (Wildman–Crippen MR) is 132 cm³/mol. The normalized spacial score (nSPS) is 15.4. The second-order valence-corrected chi connectivity index (χ2v) is 9.15. The van der Waals surface area contributed by atoms with Crippen molar-refractivity contribution in [2.24, 2.45) is 0 Å². The van der Waals surface area contributed by atoms with Crippen molar-refractivity contribution in [3.63, 3.8) is 0 Å². The van der Waals surface area contributed by atoms with Crippen LogP contribution in [0.3, 0.4) is 0 Å². The molecule has 0 spiro atoms. The number of nitrogens with zero attached hydrogens (tertiary/aromatic N) is 1. The van der Waals surface area contributed by atoms with Gasteiger partial charge in [-0.1, -0.05) is 41.9 Å². The average Bonchev–Trinajstić information content (AvgIpc) is 3.15. The number of benzene rings is 3. The number of nitrogens with one attached hydrogen (secondary N) is 2. The fourth-order valence-corrected chi connectivity index (χ4v) is 4.88. The lowest BCUT2D eigenvalue weighted by Gasteiger charge is -2.24. The Labute approximate surface area is 201 Å². The molecule has 1 aliphatic heterocycles. The monoisotopic (exact) mass is 479 g/mol. The van der Waals surface area contributed by atoms with E-state index in [1.807, 2.05) is 41.3 Å². The molecule has 2 N–H and O–H groups in total. The van der Waals surface area contributed by atoms with Gasteiger partial charge in [-0.2, -0.15) is 0 Å². The molecular formula is C25H22ClN3O3S. The summed E-state index contributed by atoms with van der Waals surface area (Å²) in [5.41, 5.74) is 3.67. The van der Waals surface area contributed by atoms with Gasteiger partial charge in [0, 0.05) is 35.4 Å². The van der Waals surface area contributed by atoms with Crippen LogP contribution in [-0.2, 0) is 16.1 Å². The fourth-order valence-electron chi connectivity index (χ4n) is 3.57. The summed E-state index contributed by atoms with van der Waals surface area (Å²) in [6, 6.07) is 21.7. The molecule has 1 fully saturated rings. The van der Waals surface area contributed by atoms with E-state index in [9.17, 15) is 14.4 Å². The van der Waals surface area contributed by atoms with E-state index in [0.717, 1.165) is 11.1 Å². The van der Waals surface area contributed by atoms with Crippen LogP contribution in [0.4, 0.5) is 11.4 Å². The highest BCUT2D eigenvalue weighted by Crippen LogP contribution is 2.39. The Hall–Kier alpha value is -3.29. The number of halogens is 1. The van der Waals surface area contributed by atoms with E-state index in [1.54, 1.807) is 48.2 Å². The average molecular weight is 480 g/mol. The van der Waals surface area contributed by atoms with Crippen molar-refractivity contribution in [1.29, 1.82) is 0 Å². The zero-order chi connectivity index (χ0) is 23.4. The van der Waals surface area contributed by atoms with Gasteiger partial charge < -0.3 is 15.5 Å². The van der Waals surface area contributed by atoms with E-state index in [0.29, 0.717) is 34.3 Å². The number of carbonyl (C=O) groups excluding carboxylic acids is 3. The molecule has 0 radical (unpaired) electrons. The molecule has 3 amide bonds. The Kier molecular flexibility index (Phi) is 7.01. The molecule has 0 bridgehead atoms. The summed E-state index contributed by atoms with van der Waals surface area (Å²) in [6.45, 7) is 1.93. The van der Waals surface area contributed by atoms with Crippen molar-refractivity contribution in [1.82, 2.24) is 4.90 Å². The van der Waals surface area contributed by atoms with Gasteiger partial charge in [-0.15, -0.1) is 11.8 Å². The van der Waals surface area contributed by atoms with Crippen LogP contribution in [0.25, 0.3) is 0 Å². The van der Waals surface area contributed by atoms with Crippen molar-refractivity contribution in [3.05, 3.63) is 94.5 Å². The van der Waals surface area contributed by atoms with Crippen molar-refractivity contribution >= 4 is 52.5 Å². The summed E-state index contributed by atoms with van der Waals surface area (Å²) in [7, 11) is 0. The number of hydrogen-bond acceptors (Lipinski definition) is 4. The molecule has 0 unspecified atom stereocenters. The highest BCUT2D eigenvalue weighted by atomic mass is 35.5. The summed E-state index contributed by atoms with van der Waals surface area (Å²) < 4.78 is 0. The summed E-state index contributed by atoms with van der Waals surface area (Å²) >= 11 is 7.54. The lowest BCUT2D eigenvalue weighted by atomic mass is 10.1. The summed E-state index contributed by atoms with van der Waals surface area (Å²) in [6.07, 6.45) is 0. The number of hydrogen-bond donors (Lipinski definition) is 2. The molecule has 3 aromatic carbocycles. The van der Waals surface area contributed by atoms with Crippen LogP contribution >= 0.6 is 23.4 Å². The Balaban J connectivity index is 1.44. The third-order valence-corrected chi connectivity index (χ3v) is 6.64. The van der Waals surface area contributed by atoms with Crippen LogP contribution in [0.15, 0.2) is 72.8 Å². The van der Waals surface area contributed by atoms with Gasteiger partial charge in [-0.3, -0.25) is 14.4 Å². The van der Waals surface area contributed by atoms with Gasteiger partial charge in [-0.25, -0.2) is 0 Å². The standard InChI is InChI=1S/C25H22ClN3O3S/c1-16(30)27-21-3-2-4-22(13-21)28-24(32)18-7-9-19(10-8-18)25-29(23(31)15-33-25)14-17-5-11-20(26)12-6-17/h2-13,25H,14-15H2,1H3,(H,27,30)(H,28,32)/t25-/m1/s1. The van der Waals surface area contributed by atoms with Crippen molar-refractivity contribution in [2.45, 2.75) is 18.8 Å². The highest BCUT2D eigenvalue weighted by Gasteiger charge is 2.32. The third kappa shape index (κ3) is 5.74. The zero-order valence-electron chi connectivity index (χ0n) is 17.9. The number of amides is 3. The Morgan fingerprint density at radius 3 is 2.33 bits per heavy atom. The Morgan fingerprint density at radius 1 is 1.00 bits per heavy atom. The van der Waals surface area contributed by atoms with Gasteiger partial charge in [0.15, 0.2) is 0 Å². The lowest BCUT2D eigenvalue weighted by Crippen LogP contribution is -2.27. The molecule has 168 valence electrons. The van der Waals surface area contributed by atoms with E-state index in [4.69, 9.17) is 11.6 Å². The minimum absolute atomic E-state index is 0.0841. The van der Waals surface area contributed by atoms with Crippen LogP contribution in [0.1, 0.15) is 33.8 Å². The SMILES string of the molecule is CC(=O)Nc1cccc(NC(=O)c2ccc([C@H]3SCC(=O)N3Cc3ccc(Cl)cc3)cc2)c1. The topological polar surface area (TPSA) is 78.5 Å². The number of rotatable bonds is 6. The van der Waals surface area contributed by atoms with Crippen LogP contribution < -0.4 is 10.6 Å². The highest BCUT2D eigenvalue weighted by molar-refractivity contribution is 8.00. The number of thioether (sulfide) groups is 1. The summed E-state index contributed by atoms with van der Waals surface area (Å²) in [4.78, 5) is 38.3. The van der Waals surface area contributed by atoms with E-state index in [1.165, 1.54) is 6.92 Å². The maximum Gasteiger partial charge on any atom is 0.255 e. The largest absolute Gasteiger partial charge is 0.326 e. The molecule has 3 aromatic rings. The van der Waals surface area contributed by atoms with Gasteiger partial charge in [-0.05, 0) is 53.6 Å². The third-order valence-electron chi connectivity index (χ3n) is 5.13. The second-order valence-electron chi connectivity index (χ2n) is 7.65. The summed E-state index contributed by atoms with van der Waals surface area (Å²) in [5, 5.41) is 6.09. The van der Waals surface area contributed by atoms with Crippen LogP contribution in [0.2, 0.25) is 5.02 Å². The smallest absolute Gasteiger partial charge is 0.255 e. The number of anilines is 2. The van der Waals surface area contributed by atoms with Gasteiger partial charge >= 0.3 is 0 Å². The number of carbonyl (C=O) groups is 3. The summed E-state index contributed by atoms with van der Waals surface area (Å²) in [5.74, 6) is 0.0726. The molecule has 6 nitrogen and oxygen atoms in total. The maximum absolute atomic E-state index is 12.7. The van der Waals surface area contributed by atoms with Crippen molar-refractivity contribution < 1.29 is 14.4 Å². The van der Waals surface area contributed by atoms with Crippen molar-refractivity contribution in [3.8, 4) is 0 Å². The minimum atomic E-state index is -0.255. The molecule has 1 aliphatic rings. The van der Waals surface area contributed by atoms with Gasteiger partial charge in [0.05, 0.1) is 5.75 Å². The van der Waals surface area contributed by atoms with E-state index < -0.39 is 0 Å². The van der Waals surface area contributed by atoms with Crippen LogP contribution in [0.5, 0.6) is 0 Å². The van der Waals surface area contributed by atoms with Gasteiger partial charge in [0.25, 0.3) is 5.91 Å². The molecule has 8 heteroatoms. The zero-order valence-corrected chi connectivity index (χ0v) is 19.5. The first-order valence-corrected chi connectivity index (χ1v) is 11.8. The van der Waals surface area contributed by atoms with Crippen LogP contribution in [0, 0.1) is 0 Å². The maximum atomic E-state index is 12.7.